The van der Waals surface area contributed by atoms with E-state index in [0.717, 1.165) is 23.1 Å². The lowest BCUT2D eigenvalue weighted by Crippen LogP contribution is -2.32. The number of fused-ring (bicyclic) bond motifs is 2. The molecule has 1 aliphatic rings. The number of rotatable bonds is 5. The predicted molar refractivity (Wildman–Crippen MR) is 129 cm³/mol. The summed E-state index contributed by atoms with van der Waals surface area (Å²) in [4.78, 5) is 31.8. The summed E-state index contributed by atoms with van der Waals surface area (Å²) in [5, 5.41) is 18.5. The SMILES string of the molecule is CNC(=O)C1CCN(c2c(C(C)NC(=O)c3c(N)nn4cccnc34)cc(Cl)c3c[nH]nc23)C1. The van der Waals surface area contributed by atoms with Gasteiger partial charge in [-0.1, -0.05) is 11.6 Å². The zero-order chi connectivity index (χ0) is 24.0. The van der Waals surface area contributed by atoms with Crippen LogP contribution in [0, 0.1) is 5.92 Å². The Balaban J connectivity index is 1.52. The second kappa shape index (κ2) is 8.49. The van der Waals surface area contributed by atoms with Gasteiger partial charge in [-0.05, 0) is 25.5 Å². The van der Waals surface area contributed by atoms with Gasteiger partial charge in [0.2, 0.25) is 5.91 Å². The van der Waals surface area contributed by atoms with Gasteiger partial charge >= 0.3 is 0 Å². The summed E-state index contributed by atoms with van der Waals surface area (Å²) in [7, 11) is 1.64. The Hall–Kier alpha value is -3.86. The molecule has 12 heteroatoms. The first kappa shape index (κ1) is 22.0. The maximum absolute atomic E-state index is 13.2. The van der Waals surface area contributed by atoms with Crippen molar-refractivity contribution in [2.24, 2.45) is 5.92 Å². The molecule has 1 aromatic carbocycles. The topological polar surface area (TPSA) is 146 Å². The predicted octanol–water partition coefficient (Wildman–Crippen LogP) is 1.90. The second-order valence-electron chi connectivity index (χ2n) is 8.33. The first-order valence-corrected chi connectivity index (χ1v) is 11.3. The summed E-state index contributed by atoms with van der Waals surface area (Å²) in [5.41, 5.74) is 8.93. The summed E-state index contributed by atoms with van der Waals surface area (Å²) >= 11 is 6.57. The van der Waals surface area contributed by atoms with Crippen LogP contribution in [0.3, 0.4) is 0 Å². The fourth-order valence-electron chi connectivity index (χ4n) is 4.58. The standard InChI is InChI=1S/C22H24ClN9O2/c1-11(28-22(34)16-19(24)30-32-6-3-5-26-20(16)32)13-8-15(23)14-9-27-29-17(14)18(13)31-7-4-12(10-31)21(33)25-2/h3,5-6,8-9,11-12H,4,7,10H2,1-2H3,(H2,24,30)(H,25,33)(H,27,29)(H,28,34). The van der Waals surface area contributed by atoms with Crippen LogP contribution in [0.2, 0.25) is 5.02 Å². The smallest absolute Gasteiger partial charge is 0.259 e. The molecule has 1 saturated heterocycles. The summed E-state index contributed by atoms with van der Waals surface area (Å²) in [6, 6.07) is 3.10. The highest BCUT2D eigenvalue weighted by molar-refractivity contribution is 6.36. The van der Waals surface area contributed by atoms with Crippen LogP contribution in [-0.2, 0) is 4.79 Å². The second-order valence-corrected chi connectivity index (χ2v) is 8.74. The Morgan fingerprint density at radius 1 is 1.38 bits per heavy atom. The van der Waals surface area contributed by atoms with E-state index in [-0.39, 0.29) is 23.2 Å². The molecule has 5 N–H and O–H groups in total. The molecule has 34 heavy (non-hydrogen) atoms. The van der Waals surface area contributed by atoms with Gasteiger partial charge in [-0.25, -0.2) is 9.50 Å². The van der Waals surface area contributed by atoms with E-state index in [4.69, 9.17) is 17.3 Å². The highest BCUT2D eigenvalue weighted by atomic mass is 35.5. The van der Waals surface area contributed by atoms with Crippen molar-refractivity contribution < 1.29 is 9.59 Å². The highest BCUT2D eigenvalue weighted by Gasteiger charge is 2.32. The molecule has 2 atom stereocenters. The van der Waals surface area contributed by atoms with Crippen molar-refractivity contribution in [1.82, 2.24) is 35.4 Å². The number of hydrogen-bond donors (Lipinski definition) is 4. The van der Waals surface area contributed by atoms with Crippen LogP contribution in [-0.4, -0.2) is 56.7 Å². The van der Waals surface area contributed by atoms with Gasteiger partial charge in [0.25, 0.3) is 5.91 Å². The van der Waals surface area contributed by atoms with E-state index in [0.29, 0.717) is 29.3 Å². The lowest BCUT2D eigenvalue weighted by atomic mass is 10.0. The largest absolute Gasteiger partial charge is 0.381 e. The fourth-order valence-corrected chi connectivity index (χ4v) is 4.85. The van der Waals surface area contributed by atoms with Crippen molar-refractivity contribution in [3.8, 4) is 0 Å². The van der Waals surface area contributed by atoms with E-state index < -0.39 is 11.9 Å². The van der Waals surface area contributed by atoms with E-state index in [1.807, 2.05) is 13.0 Å². The van der Waals surface area contributed by atoms with Crippen LogP contribution in [0.1, 0.15) is 35.3 Å². The number of hydrogen-bond acceptors (Lipinski definition) is 7. The van der Waals surface area contributed by atoms with E-state index in [2.05, 4.69) is 35.8 Å². The molecule has 0 radical (unpaired) electrons. The normalized spacial score (nSPS) is 16.8. The Morgan fingerprint density at radius 2 is 2.21 bits per heavy atom. The first-order chi connectivity index (χ1) is 16.4. The van der Waals surface area contributed by atoms with Crippen molar-refractivity contribution in [3.05, 3.63) is 46.9 Å². The number of aromatic amines is 1. The number of nitrogens with two attached hydrogens (primary N) is 1. The monoisotopic (exact) mass is 481 g/mol. The molecule has 176 valence electrons. The van der Waals surface area contributed by atoms with E-state index in [1.165, 1.54) is 4.52 Å². The molecular formula is C22H24ClN9O2. The van der Waals surface area contributed by atoms with E-state index in [9.17, 15) is 9.59 Å². The number of nitrogens with zero attached hydrogens (tertiary/aromatic N) is 5. The van der Waals surface area contributed by atoms with E-state index >= 15 is 0 Å². The number of nitrogens with one attached hydrogen (secondary N) is 3. The van der Waals surface area contributed by atoms with Crippen LogP contribution in [0.5, 0.6) is 0 Å². The Labute approximate surface area is 199 Å². The van der Waals surface area contributed by atoms with E-state index in [1.54, 1.807) is 31.7 Å². The number of carbonyl (C=O) groups excluding carboxylic acids is 2. The Morgan fingerprint density at radius 3 is 3.00 bits per heavy atom. The number of carbonyl (C=O) groups is 2. The maximum Gasteiger partial charge on any atom is 0.259 e. The summed E-state index contributed by atoms with van der Waals surface area (Å²) in [5.74, 6) is -0.421. The van der Waals surface area contributed by atoms with Gasteiger partial charge < -0.3 is 21.3 Å². The molecule has 4 aromatic rings. The van der Waals surface area contributed by atoms with Crippen LogP contribution in [0.25, 0.3) is 16.6 Å². The lowest BCUT2D eigenvalue weighted by molar-refractivity contribution is -0.123. The first-order valence-electron chi connectivity index (χ1n) is 10.9. The molecule has 1 fully saturated rings. The zero-order valence-electron chi connectivity index (χ0n) is 18.7. The number of aromatic nitrogens is 5. The minimum atomic E-state index is -0.446. The van der Waals surface area contributed by atoms with Crippen molar-refractivity contribution in [2.45, 2.75) is 19.4 Å². The summed E-state index contributed by atoms with van der Waals surface area (Å²) in [6.07, 6.45) is 5.72. The molecule has 2 amide bonds. The fraction of sp³-hybridized carbons (Fsp3) is 0.318. The third kappa shape index (κ3) is 3.58. The van der Waals surface area contributed by atoms with Gasteiger partial charge in [0.15, 0.2) is 11.5 Å². The molecule has 4 heterocycles. The van der Waals surface area contributed by atoms with Gasteiger partial charge in [-0.3, -0.25) is 14.7 Å². The molecule has 0 bridgehead atoms. The number of nitrogen functional groups attached to an aromatic ring is 1. The molecule has 0 saturated carbocycles. The van der Waals surface area contributed by atoms with Gasteiger partial charge in [-0.2, -0.15) is 5.10 Å². The van der Waals surface area contributed by atoms with Crippen molar-refractivity contribution in [3.63, 3.8) is 0 Å². The molecule has 0 aliphatic carbocycles. The minimum absolute atomic E-state index is 0.00805. The molecule has 2 unspecified atom stereocenters. The number of halogens is 1. The number of benzene rings is 1. The average molecular weight is 482 g/mol. The van der Waals surface area contributed by atoms with Gasteiger partial charge in [0, 0.05) is 49.7 Å². The van der Waals surface area contributed by atoms with Crippen LogP contribution in [0.4, 0.5) is 11.5 Å². The van der Waals surface area contributed by atoms with Crippen LogP contribution in [0.15, 0.2) is 30.7 Å². The average Bonchev–Trinajstić information content (AvgIpc) is 3.56. The summed E-state index contributed by atoms with van der Waals surface area (Å²) in [6.45, 7) is 3.09. The number of amides is 2. The molecule has 11 nitrogen and oxygen atoms in total. The van der Waals surface area contributed by atoms with Crippen molar-refractivity contribution >= 4 is 51.5 Å². The maximum atomic E-state index is 13.2. The molecular weight excluding hydrogens is 458 g/mol. The number of anilines is 2. The van der Waals surface area contributed by atoms with Gasteiger partial charge in [0.05, 0.1) is 22.7 Å². The minimum Gasteiger partial charge on any atom is -0.381 e. The van der Waals surface area contributed by atoms with Crippen LogP contribution >= 0.6 is 11.6 Å². The summed E-state index contributed by atoms with van der Waals surface area (Å²) < 4.78 is 1.47. The Kier molecular flexibility index (Phi) is 5.48. The molecule has 5 rings (SSSR count). The molecule has 0 spiro atoms. The van der Waals surface area contributed by atoms with Crippen molar-refractivity contribution in [1.29, 1.82) is 0 Å². The molecule has 3 aromatic heterocycles. The quantitative estimate of drug-likeness (QED) is 0.340. The third-order valence-electron chi connectivity index (χ3n) is 6.26. The van der Waals surface area contributed by atoms with Crippen molar-refractivity contribution in [2.75, 3.05) is 30.8 Å². The van der Waals surface area contributed by atoms with Gasteiger partial charge in [0.1, 0.15) is 11.1 Å². The zero-order valence-corrected chi connectivity index (χ0v) is 19.4. The number of H-pyrrole nitrogens is 1. The van der Waals surface area contributed by atoms with Crippen LogP contribution < -0.4 is 21.3 Å². The highest BCUT2D eigenvalue weighted by Crippen LogP contribution is 2.40. The third-order valence-corrected chi connectivity index (χ3v) is 6.58. The Bertz CT molecular complexity index is 1410. The lowest BCUT2D eigenvalue weighted by Gasteiger charge is -2.26. The molecule has 1 aliphatic heterocycles. The van der Waals surface area contributed by atoms with Gasteiger partial charge in [-0.15, -0.1) is 5.10 Å².